The first kappa shape index (κ1) is 31.3. The summed E-state index contributed by atoms with van der Waals surface area (Å²) < 4.78 is 58.2. The minimum absolute atomic E-state index is 0.0257. The zero-order chi connectivity index (χ0) is 29.3. The van der Waals surface area contributed by atoms with E-state index in [0.29, 0.717) is 12.2 Å². The van der Waals surface area contributed by atoms with E-state index in [0.717, 1.165) is 60.4 Å². The molecule has 1 fully saturated rings. The van der Waals surface area contributed by atoms with Gasteiger partial charge in [0.05, 0.1) is 19.1 Å². The lowest BCUT2D eigenvalue weighted by molar-refractivity contribution is -0.141. The molecule has 0 aromatic heterocycles. The quantitative estimate of drug-likeness (QED) is 0.369. The van der Waals surface area contributed by atoms with Crippen molar-refractivity contribution in [3.63, 3.8) is 0 Å². The van der Waals surface area contributed by atoms with E-state index < -0.39 is 27.7 Å². The first-order valence-corrected chi connectivity index (χ1v) is 15.5. The monoisotopic (exact) mass is 579 g/mol. The third kappa shape index (κ3) is 8.64. The highest BCUT2D eigenvalue weighted by Crippen LogP contribution is 2.23. The lowest BCUT2D eigenvalue weighted by Gasteiger charge is -2.33. The second-order valence-electron chi connectivity index (χ2n) is 10.2. The molecule has 1 aliphatic carbocycles. The Morgan fingerprint density at radius 1 is 1.05 bits per heavy atom. The van der Waals surface area contributed by atoms with Gasteiger partial charge in [0.15, 0.2) is 11.6 Å². The van der Waals surface area contributed by atoms with Crippen molar-refractivity contribution in [2.75, 3.05) is 24.2 Å². The molecule has 0 heterocycles. The van der Waals surface area contributed by atoms with Gasteiger partial charge in [-0.1, -0.05) is 38.3 Å². The third-order valence-corrected chi connectivity index (χ3v) is 8.39. The highest BCUT2D eigenvalue weighted by atomic mass is 32.2. The summed E-state index contributed by atoms with van der Waals surface area (Å²) in [6.07, 6.45) is 6.56. The van der Waals surface area contributed by atoms with Crippen LogP contribution in [0.25, 0.3) is 0 Å². The summed E-state index contributed by atoms with van der Waals surface area (Å²) in [5, 5.41) is 3.13. The van der Waals surface area contributed by atoms with E-state index in [1.54, 1.807) is 24.1 Å². The van der Waals surface area contributed by atoms with Crippen LogP contribution in [0.5, 0.6) is 5.75 Å². The number of nitrogens with one attached hydrogen (secondary N) is 1. The Morgan fingerprint density at radius 2 is 1.73 bits per heavy atom. The number of hydrogen-bond acceptors (Lipinski definition) is 5. The van der Waals surface area contributed by atoms with Crippen LogP contribution in [0, 0.1) is 11.6 Å². The summed E-state index contributed by atoms with van der Waals surface area (Å²) in [6.45, 7) is 1.93. The number of ether oxygens (including phenoxy) is 1. The number of carbonyl (C=O) groups excluding carboxylic acids is 2. The topological polar surface area (TPSA) is 96.0 Å². The van der Waals surface area contributed by atoms with Crippen molar-refractivity contribution in [1.29, 1.82) is 0 Å². The number of carbonyl (C=O) groups is 2. The van der Waals surface area contributed by atoms with Crippen molar-refractivity contribution in [3.05, 3.63) is 59.7 Å². The minimum atomic E-state index is -3.83. The molecule has 0 bridgehead atoms. The van der Waals surface area contributed by atoms with Gasteiger partial charge in [0.1, 0.15) is 11.8 Å². The van der Waals surface area contributed by atoms with Gasteiger partial charge in [-0.05, 0) is 55.5 Å². The summed E-state index contributed by atoms with van der Waals surface area (Å²) in [7, 11) is -2.27. The fourth-order valence-corrected chi connectivity index (χ4v) is 5.99. The lowest BCUT2D eigenvalue weighted by atomic mass is 9.95. The van der Waals surface area contributed by atoms with Gasteiger partial charge in [-0.15, -0.1) is 0 Å². The standard InChI is InChI=1S/C29H39F2N3O5S/c1-4-27(29(36)32-22-9-6-5-7-10-22)33(20-21-12-15-24(39-2)16-13-21)28(35)11-8-18-34(40(3,37)38)23-14-17-25(30)26(31)19-23/h12-17,19,22,27H,4-11,18,20H2,1-3H3,(H,32,36)/t27-/m0/s1. The maximum absolute atomic E-state index is 13.8. The molecule has 3 rings (SSSR count). The summed E-state index contributed by atoms with van der Waals surface area (Å²) >= 11 is 0. The molecule has 1 saturated carbocycles. The maximum atomic E-state index is 13.8. The fraction of sp³-hybridized carbons (Fsp3) is 0.517. The highest BCUT2D eigenvalue weighted by molar-refractivity contribution is 7.92. The predicted octanol–water partition coefficient (Wildman–Crippen LogP) is 4.78. The van der Waals surface area contributed by atoms with Crippen molar-refractivity contribution >= 4 is 27.5 Å². The Kier molecular flexibility index (Phi) is 11.3. The number of sulfonamides is 1. The molecule has 0 radical (unpaired) electrons. The van der Waals surface area contributed by atoms with Crippen molar-refractivity contribution in [3.8, 4) is 5.75 Å². The second kappa shape index (κ2) is 14.4. The second-order valence-corrected chi connectivity index (χ2v) is 12.1. The number of anilines is 1. The third-order valence-electron chi connectivity index (χ3n) is 7.19. The summed E-state index contributed by atoms with van der Waals surface area (Å²) in [4.78, 5) is 28.5. The van der Waals surface area contributed by atoms with E-state index in [-0.39, 0.29) is 49.5 Å². The van der Waals surface area contributed by atoms with Gasteiger partial charge in [0.25, 0.3) is 0 Å². The molecule has 2 aromatic carbocycles. The number of rotatable bonds is 13. The van der Waals surface area contributed by atoms with E-state index in [1.165, 1.54) is 6.07 Å². The molecule has 1 N–H and O–H groups in total. The Labute approximate surface area is 235 Å². The zero-order valence-electron chi connectivity index (χ0n) is 23.4. The van der Waals surface area contributed by atoms with Gasteiger partial charge in [-0.3, -0.25) is 13.9 Å². The molecule has 40 heavy (non-hydrogen) atoms. The van der Waals surface area contributed by atoms with Crippen molar-refractivity contribution < 1.29 is 31.5 Å². The minimum Gasteiger partial charge on any atom is -0.497 e. The normalized spacial score (nSPS) is 14.8. The zero-order valence-corrected chi connectivity index (χ0v) is 24.2. The molecular formula is C29H39F2N3O5S. The largest absolute Gasteiger partial charge is 0.497 e. The van der Waals surface area contributed by atoms with E-state index in [4.69, 9.17) is 4.74 Å². The molecule has 0 aliphatic heterocycles. The molecule has 11 heteroatoms. The molecule has 8 nitrogen and oxygen atoms in total. The molecule has 0 unspecified atom stereocenters. The Morgan fingerprint density at radius 3 is 2.30 bits per heavy atom. The molecule has 0 saturated heterocycles. The predicted molar refractivity (Wildman–Crippen MR) is 150 cm³/mol. The first-order valence-electron chi connectivity index (χ1n) is 13.7. The van der Waals surface area contributed by atoms with E-state index in [1.807, 2.05) is 19.1 Å². The summed E-state index contributed by atoms with van der Waals surface area (Å²) in [5.41, 5.74) is 0.792. The number of nitrogens with zero attached hydrogens (tertiary/aromatic N) is 2. The lowest BCUT2D eigenvalue weighted by Crippen LogP contribution is -2.51. The van der Waals surface area contributed by atoms with Crippen LogP contribution < -0.4 is 14.4 Å². The molecule has 1 atom stereocenters. The molecule has 0 spiro atoms. The van der Waals surface area contributed by atoms with Gasteiger partial charge in [0.2, 0.25) is 21.8 Å². The van der Waals surface area contributed by atoms with Crippen LogP contribution in [-0.2, 0) is 26.2 Å². The van der Waals surface area contributed by atoms with Crippen molar-refractivity contribution in [1.82, 2.24) is 10.2 Å². The smallest absolute Gasteiger partial charge is 0.243 e. The van der Waals surface area contributed by atoms with Crippen LogP contribution in [-0.4, -0.2) is 57.1 Å². The van der Waals surface area contributed by atoms with Crippen LogP contribution in [0.3, 0.4) is 0 Å². The number of amides is 2. The maximum Gasteiger partial charge on any atom is 0.243 e. The summed E-state index contributed by atoms with van der Waals surface area (Å²) in [5.74, 6) is -2.08. The van der Waals surface area contributed by atoms with Crippen LogP contribution in [0.1, 0.15) is 63.9 Å². The van der Waals surface area contributed by atoms with Gasteiger partial charge < -0.3 is 15.0 Å². The fourth-order valence-electron chi connectivity index (χ4n) is 5.04. The molecule has 1 aliphatic rings. The van der Waals surface area contributed by atoms with Gasteiger partial charge in [0, 0.05) is 31.6 Å². The van der Waals surface area contributed by atoms with Crippen LogP contribution in [0.15, 0.2) is 42.5 Å². The average Bonchev–Trinajstić information content (AvgIpc) is 2.92. The van der Waals surface area contributed by atoms with Gasteiger partial charge in [-0.2, -0.15) is 0 Å². The summed E-state index contributed by atoms with van der Waals surface area (Å²) in [6, 6.07) is 9.48. The molecule has 2 amide bonds. The van der Waals surface area contributed by atoms with Crippen LogP contribution >= 0.6 is 0 Å². The van der Waals surface area contributed by atoms with Crippen LogP contribution in [0.4, 0.5) is 14.5 Å². The SMILES string of the molecule is CC[C@@H](C(=O)NC1CCCCC1)N(Cc1ccc(OC)cc1)C(=O)CCCN(c1ccc(F)c(F)c1)S(C)(=O)=O. The number of halogens is 2. The Balaban J connectivity index is 1.77. The van der Waals surface area contributed by atoms with Crippen molar-refractivity contribution in [2.45, 2.75) is 76.9 Å². The Bertz CT molecular complexity index is 1250. The van der Waals surface area contributed by atoms with E-state index in [9.17, 15) is 26.8 Å². The molecule has 2 aromatic rings. The highest BCUT2D eigenvalue weighted by Gasteiger charge is 2.30. The van der Waals surface area contributed by atoms with E-state index >= 15 is 0 Å². The average molecular weight is 580 g/mol. The van der Waals surface area contributed by atoms with Crippen LogP contribution in [0.2, 0.25) is 0 Å². The Hall–Kier alpha value is -3.21. The van der Waals surface area contributed by atoms with E-state index in [2.05, 4.69) is 5.32 Å². The molecular weight excluding hydrogens is 540 g/mol. The van der Waals surface area contributed by atoms with Gasteiger partial charge >= 0.3 is 0 Å². The number of methoxy groups -OCH3 is 1. The number of benzene rings is 2. The molecule has 220 valence electrons. The first-order chi connectivity index (χ1) is 19.0. The van der Waals surface area contributed by atoms with Gasteiger partial charge in [-0.25, -0.2) is 17.2 Å². The number of hydrogen-bond donors (Lipinski definition) is 1. The van der Waals surface area contributed by atoms with Crippen molar-refractivity contribution in [2.24, 2.45) is 0 Å².